The zero-order valence-electron chi connectivity index (χ0n) is 16.1. The molecule has 5 nitrogen and oxygen atoms in total. The molecule has 3 N–H and O–H groups in total. The van der Waals surface area contributed by atoms with E-state index in [2.05, 4.69) is 20.9 Å². The highest BCUT2D eigenvalue weighted by Gasteiger charge is 2.05. The van der Waals surface area contributed by atoms with Gasteiger partial charge in [-0.3, -0.25) is 9.79 Å². The van der Waals surface area contributed by atoms with E-state index in [0.29, 0.717) is 31.2 Å². The molecule has 0 radical (unpaired) electrons. The van der Waals surface area contributed by atoms with Gasteiger partial charge in [-0.15, -0.1) is 0 Å². The van der Waals surface area contributed by atoms with Crippen LogP contribution in [0, 0.1) is 12.7 Å². The number of halogens is 1. The smallest absolute Gasteiger partial charge is 0.251 e. The third-order valence-corrected chi connectivity index (χ3v) is 4.23. The quantitative estimate of drug-likeness (QED) is 0.519. The Morgan fingerprint density at radius 1 is 1.07 bits per heavy atom. The minimum atomic E-state index is -0.208. The number of aryl methyl sites for hydroxylation is 1. The Labute approximate surface area is 160 Å². The van der Waals surface area contributed by atoms with Crippen LogP contribution in [-0.4, -0.2) is 32.0 Å². The fraction of sp³-hybridized carbons (Fsp3) is 0.333. The second-order valence-electron chi connectivity index (χ2n) is 6.23. The minimum Gasteiger partial charge on any atom is -0.356 e. The summed E-state index contributed by atoms with van der Waals surface area (Å²) in [6.45, 7) is 5.72. The Bertz CT molecular complexity index is 787. The molecule has 27 heavy (non-hydrogen) atoms. The summed E-state index contributed by atoms with van der Waals surface area (Å²) >= 11 is 0. The summed E-state index contributed by atoms with van der Waals surface area (Å²) in [6, 6.07) is 12.3. The van der Waals surface area contributed by atoms with Crippen molar-refractivity contribution in [3.05, 3.63) is 70.5 Å². The highest BCUT2D eigenvalue weighted by atomic mass is 19.1. The maximum absolute atomic E-state index is 13.2. The van der Waals surface area contributed by atoms with Crippen molar-refractivity contribution < 1.29 is 9.18 Å². The Morgan fingerprint density at radius 3 is 2.44 bits per heavy atom. The van der Waals surface area contributed by atoms with Gasteiger partial charge < -0.3 is 16.0 Å². The number of carbonyl (C=O) groups excluding carboxylic acids is 1. The van der Waals surface area contributed by atoms with Crippen LogP contribution in [0.5, 0.6) is 0 Å². The van der Waals surface area contributed by atoms with Gasteiger partial charge in [-0.05, 0) is 61.2 Å². The predicted octanol–water partition coefficient (Wildman–Crippen LogP) is 2.79. The lowest BCUT2D eigenvalue weighted by Crippen LogP contribution is -2.37. The standard InChI is InChI=1S/C21H27FN4O/c1-4-24-20(27)18-7-5-16(6-8-18)14-26-21(23-3)25-12-11-17-9-10-19(22)13-15(17)2/h5-10,13H,4,11-12,14H2,1-3H3,(H,24,27)(H2,23,25,26). The van der Waals surface area contributed by atoms with Gasteiger partial charge in [0.15, 0.2) is 5.96 Å². The van der Waals surface area contributed by atoms with Gasteiger partial charge in [0.25, 0.3) is 5.91 Å². The molecular weight excluding hydrogens is 343 g/mol. The summed E-state index contributed by atoms with van der Waals surface area (Å²) in [5, 5.41) is 9.29. The van der Waals surface area contributed by atoms with E-state index in [1.807, 2.05) is 44.2 Å². The van der Waals surface area contributed by atoms with E-state index in [-0.39, 0.29) is 11.7 Å². The molecule has 0 aromatic heterocycles. The lowest BCUT2D eigenvalue weighted by molar-refractivity contribution is 0.0956. The van der Waals surface area contributed by atoms with Crippen molar-refractivity contribution in [3.8, 4) is 0 Å². The zero-order valence-corrected chi connectivity index (χ0v) is 16.1. The molecule has 0 spiro atoms. The van der Waals surface area contributed by atoms with Gasteiger partial charge in [0.2, 0.25) is 0 Å². The molecule has 0 aliphatic heterocycles. The van der Waals surface area contributed by atoms with Crippen LogP contribution < -0.4 is 16.0 Å². The van der Waals surface area contributed by atoms with Crippen molar-refractivity contribution in [2.75, 3.05) is 20.1 Å². The molecule has 0 bridgehead atoms. The maximum Gasteiger partial charge on any atom is 0.251 e. The summed E-state index contributed by atoms with van der Waals surface area (Å²) in [5.74, 6) is 0.424. The van der Waals surface area contributed by atoms with E-state index in [1.165, 1.54) is 6.07 Å². The van der Waals surface area contributed by atoms with Crippen LogP contribution in [0.4, 0.5) is 4.39 Å². The monoisotopic (exact) mass is 370 g/mol. The molecule has 0 fully saturated rings. The number of rotatable bonds is 7. The van der Waals surface area contributed by atoms with Crippen molar-refractivity contribution in [2.45, 2.75) is 26.8 Å². The molecule has 2 rings (SSSR count). The molecule has 6 heteroatoms. The number of amides is 1. The van der Waals surface area contributed by atoms with Crippen molar-refractivity contribution >= 4 is 11.9 Å². The number of aliphatic imine (C=N–C) groups is 1. The van der Waals surface area contributed by atoms with Crippen LogP contribution >= 0.6 is 0 Å². The van der Waals surface area contributed by atoms with Crippen LogP contribution in [0.2, 0.25) is 0 Å². The molecule has 0 aliphatic carbocycles. The molecule has 144 valence electrons. The lowest BCUT2D eigenvalue weighted by atomic mass is 10.1. The summed E-state index contributed by atoms with van der Waals surface area (Å²) in [5.41, 5.74) is 3.77. The summed E-state index contributed by atoms with van der Waals surface area (Å²) in [7, 11) is 1.72. The number of benzene rings is 2. The average Bonchev–Trinajstić information content (AvgIpc) is 2.66. The van der Waals surface area contributed by atoms with Crippen LogP contribution in [0.25, 0.3) is 0 Å². The van der Waals surface area contributed by atoms with Crippen LogP contribution in [0.15, 0.2) is 47.5 Å². The first kappa shape index (κ1) is 20.4. The van der Waals surface area contributed by atoms with Crippen LogP contribution in [0.3, 0.4) is 0 Å². The van der Waals surface area contributed by atoms with Gasteiger partial charge >= 0.3 is 0 Å². The molecule has 2 aromatic carbocycles. The number of guanidine groups is 1. The lowest BCUT2D eigenvalue weighted by Gasteiger charge is -2.13. The molecule has 0 heterocycles. The van der Waals surface area contributed by atoms with Gasteiger partial charge in [-0.1, -0.05) is 18.2 Å². The number of nitrogens with zero attached hydrogens (tertiary/aromatic N) is 1. The zero-order chi connectivity index (χ0) is 19.6. The van der Waals surface area contributed by atoms with E-state index in [0.717, 1.165) is 23.1 Å². The molecule has 0 unspecified atom stereocenters. The second kappa shape index (κ2) is 10.3. The average molecular weight is 370 g/mol. The summed E-state index contributed by atoms with van der Waals surface area (Å²) in [6.07, 6.45) is 0.786. The molecule has 0 atom stereocenters. The molecule has 2 aromatic rings. The third-order valence-electron chi connectivity index (χ3n) is 4.23. The number of nitrogens with one attached hydrogen (secondary N) is 3. The fourth-order valence-electron chi connectivity index (χ4n) is 2.70. The first-order valence-corrected chi connectivity index (χ1v) is 9.10. The van der Waals surface area contributed by atoms with E-state index in [4.69, 9.17) is 0 Å². The van der Waals surface area contributed by atoms with Gasteiger partial charge in [0.05, 0.1) is 0 Å². The van der Waals surface area contributed by atoms with E-state index in [1.54, 1.807) is 13.1 Å². The number of hydrogen-bond acceptors (Lipinski definition) is 2. The van der Waals surface area contributed by atoms with Crippen molar-refractivity contribution in [2.24, 2.45) is 4.99 Å². The molecule has 0 saturated carbocycles. The van der Waals surface area contributed by atoms with Crippen LogP contribution in [0.1, 0.15) is 34.0 Å². The second-order valence-corrected chi connectivity index (χ2v) is 6.23. The Kier molecular flexibility index (Phi) is 7.79. The third kappa shape index (κ3) is 6.40. The largest absolute Gasteiger partial charge is 0.356 e. The van der Waals surface area contributed by atoms with Crippen molar-refractivity contribution in [1.82, 2.24) is 16.0 Å². The molecule has 0 saturated heterocycles. The summed E-state index contributed by atoms with van der Waals surface area (Å²) in [4.78, 5) is 16.0. The Hall–Kier alpha value is -2.89. The molecule has 0 aliphatic rings. The van der Waals surface area contributed by atoms with Gasteiger partial charge in [0.1, 0.15) is 5.82 Å². The SMILES string of the molecule is CCNC(=O)c1ccc(CNC(=NC)NCCc2ccc(F)cc2C)cc1. The summed E-state index contributed by atoms with van der Waals surface area (Å²) < 4.78 is 13.2. The Balaban J connectivity index is 1.80. The highest BCUT2D eigenvalue weighted by Crippen LogP contribution is 2.10. The van der Waals surface area contributed by atoms with Gasteiger partial charge in [-0.2, -0.15) is 0 Å². The fourth-order valence-corrected chi connectivity index (χ4v) is 2.70. The molecule has 1 amide bonds. The first-order chi connectivity index (χ1) is 13.0. The molecular formula is C21H27FN4O. The number of hydrogen-bond donors (Lipinski definition) is 3. The van der Waals surface area contributed by atoms with E-state index >= 15 is 0 Å². The highest BCUT2D eigenvalue weighted by molar-refractivity contribution is 5.94. The topological polar surface area (TPSA) is 65.5 Å². The van der Waals surface area contributed by atoms with Gasteiger partial charge in [0, 0.05) is 32.2 Å². The maximum atomic E-state index is 13.2. The van der Waals surface area contributed by atoms with Crippen molar-refractivity contribution in [1.29, 1.82) is 0 Å². The minimum absolute atomic E-state index is 0.0643. The van der Waals surface area contributed by atoms with E-state index in [9.17, 15) is 9.18 Å². The van der Waals surface area contributed by atoms with Crippen LogP contribution in [-0.2, 0) is 13.0 Å². The number of carbonyl (C=O) groups is 1. The van der Waals surface area contributed by atoms with Crippen molar-refractivity contribution in [3.63, 3.8) is 0 Å². The van der Waals surface area contributed by atoms with Gasteiger partial charge in [-0.25, -0.2) is 4.39 Å². The first-order valence-electron chi connectivity index (χ1n) is 9.10. The normalized spacial score (nSPS) is 11.2. The Morgan fingerprint density at radius 2 is 1.81 bits per heavy atom. The predicted molar refractivity (Wildman–Crippen MR) is 107 cm³/mol. The van der Waals surface area contributed by atoms with E-state index < -0.39 is 0 Å².